The molecule has 1 aromatic carbocycles. The fraction of sp³-hybridized carbons (Fsp3) is 0.467. The molecule has 1 aromatic heterocycles. The first kappa shape index (κ1) is 13.6. The monoisotopic (exact) mass is 260 g/mol. The summed E-state index contributed by atoms with van der Waals surface area (Å²) in [5.41, 5.74) is 2.65. The Morgan fingerprint density at radius 1 is 1.37 bits per heavy atom. The minimum atomic E-state index is 0.108. The first-order chi connectivity index (χ1) is 9.13. The number of nitrogens with one attached hydrogen (secondary N) is 1. The number of nitrogens with zero attached hydrogens (tertiary/aromatic N) is 1. The van der Waals surface area contributed by atoms with Crippen LogP contribution in [-0.2, 0) is 11.3 Å². The lowest BCUT2D eigenvalue weighted by molar-refractivity contribution is -0.125. The number of rotatable bonds is 5. The van der Waals surface area contributed by atoms with E-state index in [1.54, 1.807) is 0 Å². The first-order valence-corrected chi connectivity index (χ1v) is 6.77. The number of carbonyl (C=O) groups excluding carboxylic acids is 1. The van der Waals surface area contributed by atoms with Crippen LogP contribution < -0.4 is 5.32 Å². The van der Waals surface area contributed by atoms with Gasteiger partial charge in [0.15, 0.2) is 11.5 Å². The molecule has 0 bridgehead atoms. The highest BCUT2D eigenvalue weighted by Crippen LogP contribution is 2.17. The highest BCUT2D eigenvalue weighted by atomic mass is 16.3. The largest absolute Gasteiger partial charge is 0.441 e. The van der Waals surface area contributed by atoms with Crippen LogP contribution in [0.25, 0.3) is 11.1 Å². The van der Waals surface area contributed by atoms with Crippen molar-refractivity contribution in [3.05, 3.63) is 29.7 Å². The second kappa shape index (κ2) is 5.87. The van der Waals surface area contributed by atoms with Gasteiger partial charge in [-0.2, -0.15) is 0 Å². The van der Waals surface area contributed by atoms with Crippen LogP contribution >= 0.6 is 0 Å². The maximum Gasteiger partial charge on any atom is 0.223 e. The number of fused-ring (bicyclic) bond motifs is 1. The van der Waals surface area contributed by atoms with Crippen molar-refractivity contribution in [2.75, 3.05) is 0 Å². The van der Waals surface area contributed by atoms with E-state index in [9.17, 15) is 4.79 Å². The zero-order valence-electron chi connectivity index (χ0n) is 11.7. The molecule has 1 amide bonds. The summed E-state index contributed by atoms with van der Waals surface area (Å²) < 4.78 is 5.48. The minimum absolute atomic E-state index is 0.108. The van der Waals surface area contributed by atoms with Crippen molar-refractivity contribution >= 4 is 17.0 Å². The smallest absolute Gasteiger partial charge is 0.223 e. The Kier molecular flexibility index (Phi) is 4.20. The van der Waals surface area contributed by atoms with Crippen LogP contribution in [0.5, 0.6) is 0 Å². The number of benzene rings is 1. The number of hydrogen-bond acceptors (Lipinski definition) is 3. The molecule has 102 valence electrons. The van der Waals surface area contributed by atoms with Gasteiger partial charge in [-0.1, -0.05) is 19.9 Å². The maximum absolute atomic E-state index is 11.9. The third-order valence-electron chi connectivity index (χ3n) is 3.38. The Hall–Kier alpha value is -1.84. The molecule has 0 fully saturated rings. The average molecular weight is 260 g/mol. The molecule has 0 radical (unpaired) electrons. The van der Waals surface area contributed by atoms with E-state index >= 15 is 0 Å². The number of carbonyl (C=O) groups is 1. The molecular weight excluding hydrogens is 240 g/mol. The van der Waals surface area contributed by atoms with Gasteiger partial charge in [0.1, 0.15) is 5.52 Å². The van der Waals surface area contributed by atoms with Crippen LogP contribution in [0.15, 0.2) is 22.6 Å². The number of hydrogen-bond donors (Lipinski definition) is 1. The molecule has 1 heterocycles. The van der Waals surface area contributed by atoms with E-state index in [2.05, 4.69) is 10.3 Å². The van der Waals surface area contributed by atoms with E-state index in [1.165, 1.54) is 0 Å². The van der Waals surface area contributed by atoms with E-state index < -0.39 is 0 Å². The molecule has 19 heavy (non-hydrogen) atoms. The lowest BCUT2D eigenvalue weighted by atomic mass is 10.0. The van der Waals surface area contributed by atoms with Gasteiger partial charge in [0.2, 0.25) is 5.91 Å². The van der Waals surface area contributed by atoms with Gasteiger partial charge in [0.25, 0.3) is 0 Å². The molecule has 0 aliphatic heterocycles. The van der Waals surface area contributed by atoms with E-state index in [0.29, 0.717) is 12.4 Å². The predicted octanol–water partition coefficient (Wildman–Crippen LogP) is 3.19. The van der Waals surface area contributed by atoms with Crippen LogP contribution in [0.3, 0.4) is 0 Å². The molecule has 4 nitrogen and oxygen atoms in total. The van der Waals surface area contributed by atoms with Crippen molar-refractivity contribution in [3.63, 3.8) is 0 Å². The number of amides is 1. The fourth-order valence-corrected chi connectivity index (χ4v) is 2.19. The summed E-state index contributed by atoms with van der Waals surface area (Å²) in [6.45, 7) is 6.44. The Bertz CT molecular complexity index is 571. The maximum atomic E-state index is 11.9. The summed E-state index contributed by atoms with van der Waals surface area (Å²) in [6, 6.07) is 5.82. The molecule has 2 aromatic rings. The second-order valence-electron chi connectivity index (χ2n) is 4.77. The highest BCUT2D eigenvalue weighted by Gasteiger charge is 2.13. The molecule has 0 aliphatic rings. The lowest BCUT2D eigenvalue weighted by Gasteiger charge is -2.12. The lowest BCUT2D eigenvalue weighted by Crippen LogP contribution is -2.29. The van der Waals surface area contributed by atoms with Crippen molar-refractivity contribution in [2.45, 2.75) is 40.2 Å². The number of aryl methyl sites for hydroxylation is 1. The highest BCUT2D eigenvalue weighted by molar-refractivity contribution is 5.79. The van der Waals surface area contributed by atoms with E-state index in [0.717, 1.165) is 29.5 Å². The number of oxazole rings is 1. The molecule has 0 saturated carbocycles. The number of aromatic nitrogens is 1. The van der Waals surface area contributed by atoms with Crippen molar-refractivity contribution in [1.82, 2.24) is 10.3 Å². The Morgan fingerprint density at radius 2 is 2.11 bits per heavy atom. The average Bonchev–Trinajstić information content (AvgIpc) is 2.77. The van der Waals surface area contributed by atoms with E-state index in [4.69, 9.17) is 4.42 Å². The van der Waals surface area contributed by atoms with Crippen molar-refractivity contribution in [1.29, 1.82) is 0 Å². The van der Waals surface area contributed by atoms with Gasteiger partial charge < -0.3 is 9.73 Å². The SMILES string of the molecule is CCC(CC)C(=O)NCc1ccc2nc(C)oc2c1. The van der Waals surface area contributed by atoms with Crippen molar-refractivity contribution in [2.24, 2.45) is 5.92 Å². The van der Waals surface area contributed by atoms with Crippen LogP contribution in [0.4, 0.5) is 0 Å². The van der Waals surface area contributed by atoms with Gasteiger partial charge in [-0.15, -0.1) is 0 Å². The molecule has 1 N–H and O–H groups in total. The molecule has 4 heteroatoms. The normalized spacial score (nSPS) is 11.2. The minimum Gasteiger partial charge on any atom is -0.441 e. The van der Waals surface area contributed by atoms with Gasteiger partial charge in [-0.25, -0.2) is 4.98 Å². The molecule has 0 saturated heterocycles. The van der Waals surface area contributed by atoms with Gasteiger partial charge in [-0.05, 0) is 30.5 Å². The molecule has 0 aliphatic carbocycles. The summed E-state index contributed by atoms with van der Waals surface area (Å²) in [5.74, 6) is 0.892. The Morgan fingerprint density at radius 3 is 2.79 bits per heavy atom. The standard InChI is InChI=1S/C15H20N2O2/c1-4-12(5-2)15(18)16-9-11-6-7-13-14(8-11)19-10(3)17-13/h6-8,12H,4-5,9H2,1-3H3,(H,16,18). The first-order valence-electron chi connectivity index (χ1n) is 6.77. The van der Waals surface area contributed by atoms with Crippen LogP contribution in [0, 0.1) is 12.8 Å². The molecule has 0 unspecified atom stereocenters. The third-order valence-corrected chi connectivity index (χ3v) is 3.38. The van der Waals surface area contributed by atoms with Crippen LogP contribution in [0.2, 0.25) is 0 Å². The summed E-state index contributed by atoms with van der Waals surface area (Å²) >= 11 is 0. The zero-order chi connectivity index (χ0) is 13.8. The molecule has 0 spiro atoms. The Labute approximate surface area is 113 Å². The quantitative estimate of drug-likeness (QED) is 0.898. The van der Waals surface area contributed by atoms with Crippen LogP contribution in [-0.4, -0.2) is 10.9 Å². The predicted molar refractivity (Wildman–Crippen MR) is 74.7 cm³/mol. The summed E-state index contributed by atoms with van der Waals surface area (Å²) in [6.07, 6.45) is 1.76. The summed E-state index contributed by atoms with van der Waals surface area (Å²) in [4.78, 5) is 16.1. The Balaban J connectivity index is 2.03. The van der Waals surface area contributed by atoms with Gasteiger partial charge in [0.05, 0.1) is 0 Å². The molecule has 2 rings (SSSR count). The van der Waals surface area contributed by atoms with Crippen LogP contribution in [0.1, 0.15) is 38.1 Å². The van der Waals surface area contributed by atoms with Gasteiger partial charge in [0, 0.05) is 19.4 Å². The third kappa shape index (κ3) is 3.13. The van der Waals surface area contributed by atoms with E-state index in [-0.39, 0.29) is 11.8 Å². The fourth-order valence-electron chi connectivity index (χ4n) is 2.19. The van der Waals surface area contributed by atoms with Gasteiger partial charge >= 0.3 is 0 Å². The summed E-state index contributed by atoms with van der Waals surface area (Å²) in [7, 11) is 0. The van der Waals surface area contributed by atoms with E-state index in [1.807, 2.05) is 39.0 Å². The zero-order valence-corrected chi connectivity index (χ0v) is 11.7. The molecule has 0 atom stereocenters. The van der Waals surface area contributed by atoms with Crippen molar-refractivity contribution < 1.29 is 9.21 Å². The summed E-state index contributed by atoms with van der Waals surface area (Å²) in [5, 5.41) is 2.97. The van der Waals surface area contributed by atoms with Crippen molar-refractivity contribution in [3.8, 4) is 0 Å². The second-order valence-corrected chi connectivity index (χ2v) is 4.77. The topological polar surface area (TPSA) is 55.1 Å². The van der Waals surface area contributed by atoms with Gasteiger partial charge in [-0.3, -0.25) is 4.79 Å². The molecular formula is C15H20N2O2.